The summed E-state index contributed by atoms with van der Waals surface area (Å²) in [5, 5.41) is 11.0. The second-order valence-corrected chi connectivity index (χ2v) is 7.36. The van der Waals surface area contributed by atoms with Gasteiger partial charge in [-0.05, 0) is 61.0 Å². The molecule has 4 rings (SSSR count). The average Bonchev–Trinajstić information content (AvgIpc) is 3.16. The van der Waals surface area contributed by atoms with E-state index in [9.17, 15) is 5.11 Å². The highest BCUT2D eigenvalue weighted by Crippen LogP contribution is 2.60. The first-order valence-corrected chi connectivity index (χ1v) is 8.21. The molecular formula is C18H25NO. The van der Waals surface area contributed by atoms with Crippen LogP contribution >= 0.6 is 0 Å². The third-order valence-corrected chi connectivity index (χ3v) is 6.25. The Labute approximate surface area is 121 Å². The molecule has 0 radical (unpaired) electrons. The van der Waals surface area contributed by atoms with Gasteiger partial charge in [0.15, 0.2) is 0 Å². The first kappa shape index (κ1) is 12.8. The van der Waals surface area contributed by atoms with E-state index in [0.29, 0.717) is 12.5 Å². The number of aliphatic hydroxyl groups excluding tert-OH is 1. The topological polar surface area (TPSA) is 46.2 Å². The van der Waals surface area contributed by atoms with Gasteiger partial charge in [0.25, 0.3) is 0 Å². The van der Waals surface area contributed by atoms with Crippen molar-refractivity contribution in [1.82, 2.24) is 0 Å². The van der Waals surface area contributed by atoms with Crippen LogP contribution in [0.25, 0.3) is 0 Å². The lowest BCUT2D eigenvalue weighted by molar-refractivity contribution is -0.0130. The second-order valence-electron chi connectivity index (χ2n) is 7.36. The maximum absolute atomic E-state index is 11.0. The molecule has 3 aliphatic carbocycles. The molecule has 1 aromatic rings. The van der Waals surface area contributed by atoms with Gasteiger partial charge in [0, 0.05) is 12.0 Å². The van der Waals surface area contributed by atoms with Crippen molar-refractivity contribution in [3.05, 3.63) is 35.4 Å². The zero-order valence-electron chi connectivity index (χ0n) is 12.1. The van der Waals surface area contributed by atoms with Gasteiger partial charge in [0.2, 0.25) is 0 Å². The summed E-state index contributed by atoms with van der Waals surface area (Å²) in [7, 11) is 0. The molecule has 0 aliphatic heterocycles. The van der Waals surface area contributed by atoms with E-state index in [1.807, 2.05) is 0 Å². The molecule has 3 saturated carbocycles. The van der Waals surface area contributed by atoms with Gasteiger partial charge in [-0.15, -0.1) is 0 Å². The number of nitrogens with two attached hydrogens (primary N) is 1. The van der Waals surface area contributed by atoms with Gasteiger partial charge >= 0.3 is 0 Å². The van der Waals surface area contributed by atoms with Crippen LogP contribution in [0.15, 0.2) is 24.3 Å². The quantitative estimate of drug-likeness (QED) is 0.882. The van der Waals surface area contributed by atoms with E-state index >= 15 is 0 Å². The Kier molecular flexibility index (Phi) is 2.94. The van der Waals surface area contributed by atoms with Crippen LogP contribution < -0.4 is 5.73 Å². The molecule has 0 saturated heterocycles. The molecule has 20 heavy (non-hydrogen) atoms. The van der Waals surface area contributed by atoms with E-state index in [0.717, 1.165) is 23.8 Å². The van der Waals surface area contributed by atoms with Crippen LogP contribution in [-0.2, 0) is 0 Å². The van der Waals surface area contributed by atoms with Crippen molar-refractivity contribution in [1.29, 1.82) is 0 Å². The van der Waals surface area contributed by atoms with Crippen LogP contribution in [-0.4, -0.2) is 11.7 Å². The number of hydrogen-bond donors (Lipinski definition) is 2. The largest absolute Gasteiger partial charge is 0.388 e. The number of aliphatic hydroxyl groups is 1. The molecule has 0 aromatic heterocycles. The standard InChI is InChI=1S/C18H25NO/c19-11-18(10-12-1-8-16(18)9-12)17(20)15-6-4-14(5-7-15)13-2-3-13/h4-7,12-13,16-17,20H,1-3,8-11,19H2. The van der Waals surface area contributed by atoms with Crippen LogP contribution in [0, 0.1) is 17.3 Å². The first-order chi connectivity index (χ1) is 9.73. The van der Waals surface area contributed by atoms with Gasteiger partial charge in [-0.1, -0.05) is 30.7 Å². The van der Waals surface area contributed by atoms with Gasteiger partial charge in [-0.2, -0.15) is 0 Å². The molecule has 0 amide bonds. The van der Waals surface area contributed by atoms with Gasteiger partial charge in [-0.25, -0.2) is 0 Å². The fourth-order valence-corrected chi connectivity index (χ4v) is 4.88. The van der Waals surface area contributed by atoms with Crippen LogP contribution in [0.3, 0.4) is 0 Å². The molecular weight excluding hydrogens is 246 g/mol. The fourth-order valence-electron chi connectivity index (χ4n) is 4.88. The molecule has 3 N–H and O–H groups in total. The highest BCUT2D eigenvalue weighted by atomic mass is 16.3. The van der Waals surface area contributed by atoms with E-state index in [1.165, 1.54) is 37.7 Å². The van der Waals surface area contributed by atoms with Gasteiger partial charge < -0.3 is 10.8 Å². The van der Waals surface area contributed by atoms with Crippen molar-refractivity contribution < 1.29 is 5.11 Å². The molecule has 0 heterocycles. The lowest BCUT2D eigenvalue weighted by atomic mass is 9.67. The van der Waals surface area contributed by atoms with Crippen molar-refractivity contribution in [2.24, 2.45) is 23.0 Å². The zero-order valence-corrected chi connectivity index (χ0v) is 12.1. The summed E-state index contributed by atoms with van der Waals surface area (Å²) in [6, 6.07) is 8.71. The van der Waals surface area contributed by atoms with E-state index in [2.05, 4.69) is 24.3 Å². The third-order valence-electron chi connectivity index (χ3n) is 6.25. The van der Waals surface area contributed by atoms with Gasteiger partial charge in [-0.3, -0.25) is 0 Å². The highest BCUT2D eigenvalue weighted by molar-refractivity contribution is 5.30. The molecule has 0 spiro atoms. The van der Waals surface area contributed by atoms with Crippen LogP contribution in [0.1, 0.15) is 61.7 Å². The Morgan fingerprint density at radius 2 is 1.90 bits per heavy atom. The van der Waals surface area contributed by atoms with E-state index in [4.69, 9.17) is 5.73 Å². The first-order valence-electron chi connectivity index (χ1n) is 8.21. The molecule has 4 unspecified atom stereocenters. The summed E-state index contributed by atoms with van der Waals surface area (Å²) in [6.07, 6.45) is 7.31. The number of benzene rings is 1. The summed E-state index contributed by atoms with van der Waals surface area (Å²) in [5.74, 6) is 2.23. The number of fused-ring (bicyclic) bond motifs is 2. The molecule has 1 aromatic carbocycles. The summed E-state index contributed by atoms with van der Waals surface area (Å²) in [6.45, 7) is 0.625. The minimum atomic E-state index is -0.379. The minimum Gasteiger partial charge on any atom is -0.388 e. The molecule has 3 fully saturated rings. The maximum atomic E-state index is 11.0. The van der Waals surface area contributed by atoms with Crippen molar-refractivity contribution >= 4 is 0 Å². The third kappa shape index (κ3) is 1.85. The maximum Gasteiger partial charge on any atom is 0.0861 e. The summed E-state index contributed by atoms with van der Waals surface area (Å²) < 4.78 is 0. The minimum absolute atomic E-state index is 0.0516. The van der Waals surface area contributed by atoms with Crippen LogP contribution in [0.5, 0.6) is 0 Å². The van der Waals surface area contributed by atoms with Crippen molar-refractivity contribution in [2.45, 2.75) is 50.5 Å². The molecule has 4 atom stereocenters. The molecule has 3 aliphatic rings. The Morgan fingerprint density at radius 1 is 1.15 bits per heavy atom. The summed E-state index contributed by atoms with van der Waals surface area (Å²) in [5.41, 5.74) is 8.59. The Hall–Kier alpha value is -0.860. The lowest BCUT2D eigenvalue weighted by Gasteiger charge is -2.41. The van der Waals surface area contributed by atoms with E-state index in [-0.39, 0.29) is 11.5 Å². The number of rotatable bonds is 4. The van der Waals surface area contributed by atoms with Crippen LogP contribution in [0.4, 0.5) is 0 Å². The van der Waals surface area contributed by atoms with E-state index < -0.39 is 0 Å². The van der Waals surface area contributed by atoms with Crippen molar-refractivity contribution in [2.75, 3.05) is 6.54 Å². The predicted molar refractivity (Wildman–Crippen MR) is 80.3 cm³/mol. The van der Waals surface area contributed by atoms with Crippen molar-refractivity contribution in [3.8, 4) is 0 Å². The average molecular weight is 271 g/mol. The Balaban J connectivity index is 1.60. The zero-order chi connectivity index (χ0) is 13.7. The fraction of sp³-hybridized carbons (Fsp3) is 0.667. The van der Waals surface area contributed by atoms with Gasteiger partial charge in [0.1, 0.15) is 0 Å². The highest BCUT2D eigenvalue weighted by Gasteiger charge is 2.54. The molecule has 2 bridgehead atoms. The summed E-state index contributed by atoms with van der Waals surface area (Å²) in [4.78, 5) is 0. The monoisotopic (exact) mass is 271 g/mol. The molecule has 2 heteroatoms. The molecule has 108 valence electrons. The van der Waals surface area contributed by atoms with Crippen LogP contribution in [0.2, 0.25) is 0 Å². The van der Waals surface area contributed by atoms with Gasteiger partial charge in [0.05, 0.1) is 6.10 Å². The number of hydrogen-bond acceptors (Lipinski definition) is 2. The smallest absolute Gasteiger partial charge is 0.0861 e. The Morgan fingerprint density at radius 3 is 2.40 bits per heavy atom. The summed E-state index contributed by atoms with van der Waals surface area (Å²) >= 11 is 0. The molecule has 2 nitrogen and oxygen atoms in total. The second kappa shape index (κ2) is 4.57. The van der Waals surface area contributed by atoms with Crippen molar-refractivity contribution in [3.63, 3.8) is 0 Å². The Bertz CT molecular complexity index is 493. The predicted octanol–water partition coefficient (Wildman–Crippen LogP) is 3.36. The SMILES string of the molecule is NCC1(C(O)c2ccc(C3CC3)cc2)CC2CCC1C2. The normalized spacial score (nSPS) is 37.3. The van der Waals surface area contributed by atoms with E-state index in [1.54, 1.807) is 0 Å². The lowest BCUT2D eigenvalue weighted by Crippen LogP contribution is -2.41.